The van der Waals surface area contributed by atoms with Crippen LogP contribution in [0.25, 0.3) is 0 Å². The molecule has 0 spiro atoms. The first-order chi connectivity index (χ1) is 8.86. The maximum Gasteiger partial charge on any atom is 0.321 e. The molecule has 0 aliphatic heterocycles. The first kappa shape index (κ1) is 15.8. The number of hydrogen-bond acceptors (Lipinski definition) is 5. The van der Waals surface area contributed by atoms with Crippen molar-refractivity contribution >= 4 is 22.5 Å². The molecule has 1 heterocycles. The molecule has 19 heavy (non-hydrogen) atoms. The second-order valence-corrected chi connectivity index (χ2v) is 6.08. The van der Waals surface area contributed by atoms with Crippen molar-refractivity contribution in [2.45, 2.75) is 52.2 Å². The fraction of sp³-hybridized carbons (Fsp3) is 0.750. The summed E-state index contributed by atoms with van der Waals surface area (Å²) in [6.45, 7) is 7.92. The number of carbonyl (C=O) groups excluding carboxylic acids is 1. The van der Waals surface area contributed by atoms with E-state index in [1.807, 2.05) is 27.7 Å². The molecule has 1 aromatic heterocycles. The van der Waals surface area contributed by atoms with Gasteiger partial charge in [0.05, 0.1) is 5.60 Å². The van der Waals surface area contributed by atoms with Gasteiger partial charge >= 0.3 is 6.03 Å². The molecule has 0 aliphatic carbocycles. The maximum atomic E-state index is 11.8. The van der Waals surface area contributed by atoms with Gasteiger partial charge in [-0.25, -0.2) is 4.79 Å². The molecule has 1 rings (SSSR count). The van der Waals surface area contributed by atoms with Crippen molar-refractivity contribution < 1.29 is 9.53 Å². The van der Waals surface area contributed by atoms with Gasteiger partial charge in [0, 0.05) is 13.2 Å². The Labute approximate surface area is 118 Å². The van der Waals surface area contributed by atoms with Gasteiger partial charge in [0.1, 0.15) is 5.01 Å². The number of ether oxygens (including phenoxy) is 1. The number of urea groups is 1. The molecule has 0 fully saturated rings. The van der Waals surface area contributed by atoms with E-state index in [1.165, 1.54) is 11.3 Å². The predicted molar refractivity (Wildman–Crippen MR) is 76.6 cm³/mol. The van der Waals surface area contributed by atoms with E-state index >= 15 is 0 Å². The van der Waals surface area contributed by atoms with Crippen LogP contribution in [0.2, 0.25) is 0 Å². The molecule has 0 unspecified atom stereocenters. The highest BCUT2D eigenvalue weighted by Gasteiger charge is 2.21. The van der Waals surface area contributed by atoms with E-state index in [0.717, 1.165) is 17.8 Å². The van der Waals surface area contributed by atoms with Crippen LogP contribution in [-0.4, -0.2) is 35.0 Å². The number of amides is 2. The number of anilines is 1. The molecule has 1 aromatic rings. The normalized spacial score (nSPS) is 13.1. The van der Waals surface area contributed by atoms with E-state index in [1.54, 1.807) is 7.11 Å². The average Bonchev–Trinajstić information content (AvgIpc) is 2.75. The fourth-order valence-electron chi connectivity index (χ4n) is 1.68. The van der Waals surface area contributed by atoms with Crippen molar-refractivity contribution in [3.05, 3.63) is 5.01 Å². The smallest absolute Gasteiger partial charge is 0.321 e. The summed E-state index contributed by atoms with van der Waals surface area (Å²) in [5.41, 5.74) is -0.259. The van der Waals surface area contributed by atoms with Crippen LogP contribution in [0.15, 0.2) is 0 Å². The van der Waals surface area contributed by atoms with Crippen LogP contribution in [0, 0.1) is 0 Å². The van der Waals surface area contributed by atoms with Crippen molar-refractivity contribution in [2.24, 2.45) is 0 Å². The Bertz CT molecular complexity index is 420. The lowest BCUT2D eigenvalue weighted by Crippen LogP contribution is -2.40. The summed E-state index contributed by atoms with van der Waals surface area (Å²) in [4.78, 5) is 11.8. The number of rotatable bonds is 6. The third-order valence-corrected chi connectivity index (χ3v) is 3.70. The van der Waals surface area contributed by atoms with Gasteiger partial charge in [-0.2, -0.15) is 0 Å². The standard InChI is InChI=1S/C12H22N4O2S/c1-6-9-15-16-11(19-9)14-10(17)13-8(2)7-12(3,4)18-5/h8H,6-7H2,1-5H3,(H2,13,14,16,17)/t8-/m1/s1. The van der Waals surface area contributed by atoms with E-state index in [0.29, 0.717) is 5.13 Å². The molecule has 2 amide bonds. The van der Waals surface area contributed by atoms with Crippen molar-refractivity contribution in [1.29, 1.82) is 0 Å². The lowest BCUT2D eigenvalue weighted by Gasteiger charge is -2.26. The number of carbonyl (C=O) groups is 1. The van der Waals surface area contributed by atoms with Gasteiger partial charge in [-0.15, -0.1) is 10.2 Å². The van der Waals surface area contributed by atoms with Gasteiger partial charge in [-0.05, 0) is 33.6 Å². The zero-order valence-electron chi connectivity index (χ0n) is 12.1. The Morgan fingerprint density at radius 3 is 2.68 bits per heavy atom. The minimum atomic E-state index is -0.266. The minimum absolute atomic E-state index is 0.00789. The van der Waals surface area contributed by atoms with Gasteiger partial charge in [0.15, 0.2) is 0 Å². The Hall–Kier alpha value is -1.21. The van der Waals surface area contributed by atoms with Crippen LogP contribution in [-0.2, 0) is 11.2 Å². The van der Waals surface area contributed by atoms with Crippen LogP contribution >= 0.6 is 11.3 Å². The van der Waals surface area contributed by atoms with Gasteiger partial charge in [0.25, 0.3) is 0 Å². The summed E-state index contributed by atoms with van der Waals surface area (Å²) in [6.07, 6.45) is 1.55. The zero-order chi connectivity index (χ0) is 14.5. The monoisotopic (exact) mass is 286 g/mol. The third-order valence-electron chi connectivity index (χ3n) is 2.72. The van der Waals surface area contributed by atoms with Gasteiger partial charge in [0.2, 0.25) is 5.13 Å². The lowest BCUT2D eigenvalue weighted by molar-refractivity contribution is 0.00963. The Morgan fingerprint density at radius 2 is 2.16 bits per heavy atom. The first-order valence-corrected chi connectivity index (χ1v) is 7.13. The molecule has 0 aliphatic rings. The third kappa shape index (κ3) is 5.52. The molecule has 2 N–H and O–H groups in total. The molecular weight excluding hydrogens is 264 g/mol. The van der Waals surface area contributed by atoms with E-state index in [4.69, 9.17) is 4.74 Å². The number of nitrogens with one attached hydrogen (secondary N) is 2. The molecule has 0 aromatic carbocycles. The lowest BCUT2D eigenvalue weighted by atomic mass is 10.00. The number of nitrogens with zero attached hydrogens (tertiary/aromatic N) is 2. The second-order valence-electron chi connectivity index (χ2n) is 5.02. The van der Waals surface area contributed by atoms with Crippen LogP contribution in [0.1, 0.15) is 39.1 Å². The largest absolute Gasteiger partial charge is 0.379 e. The zero-order valence-corrected chi connectivity index (χ0v) is 12.9. The SMILES string of the molecule is CCc1nnc(NC(=O)N[C@H](C)CC(C)(C)OC)s1. The minimum Gasteiger partial charge on any atom is -0.379 e. The van der Waals surface area contributed by atoms with E-state index in [2.05, 4.69) is 20.8 Å². The van der Waals surface area contributed by atoms with E-state index in [-0.39, 0.29) is 17.7 Å². The maximum absolute atomic E-state index is 11.8. The molecule has 6 nitrogen and oxygen atoms in total. The molecule has 0 saturated heterocycles. The van der Waals surface area contributed by atoms with Crippen molar-refractivity contribution in [3.63, 3.8) is 0 Å². The molecule has 0 saturated carbocycles. The number of hydrogen-bond donors (Lipinski definition) is 2. The van der Waals surface area contributed by atoms with E-state index in [9.17, 15) is 4.79 Å². The number of aryl methyl sites for hydroxylation is 1. The van der Waals surface area contributed by atoms with Crippen LogP contribution in [0.3, 0.4) is 0 Å². The summed E-state index contributed by atoms with van der Waals surface area (Å²) in [5, 5.41) is 14.8. The summed E-state index contributed by atoms with van der Waals surface area (Å²) in [6, 6.07) is -0.258. The van der Waals surface area contributed by atoms with Crippen LogP contribution in [0.4, 0.5) is 9.93 Å². The Kier molecular flexibility index (Phi) is 5.68. The summed E-state index contributed by atoms with van der Waals surface area (Å²) in [7, 11) is 1.67. The molecule has 108 valence electrons. The summed E-state index contributed by atoms with van der Waals surface area (Å²) in [5.74, 6) is 0. The predicted octanol–water partition coefficient (Wildman–Crippen LogP) is 2.43. The summed E-state index contributed by atoms with van der Waals surface area (Å²) < 4.78 is 5.33. The molecule has 1 atom stereocenters. The van der Waals surface area contributed by atoms with Crippen molar-refractivity contribution in [3.8, 4) is 0 Å². The first-order valence-electron chi connectivity index (χ1n) is 6.31. The average molecular weight is 286 g/mol. The second kappa shape index (κ2) is 6.81. The Morgan fingerprint density at radius 1 is 1.47 bits per heavy atom. The fourth-order valence-corrected chi connectivity index (χ4v) is 2.35. The highest BCUT2D eigenvalue weighted by molar-refractivity contribution is 7.15. The molecule has 0 radical (unpaired) electrons. The van der Waals surface area contributed by atoms with Gasteiger partial charge in [-0.1, -0.05) is 18.3 Å². The molecule has 7 heteroatoms. The molecular formula is C12H22N4O2S. The van der Waals surface area contributed by atoms with E-state index < -0.39 is 0 Å². The highest BCUT2D eigenvalue weighted by Crippen LogP contribution is 2.17. The van der Waals surface area contributed by atoms with Crippen LogP contribution in [0.5, 0.6) is 0 Å². The summed E-state index contributed by atoms with van der Waals surface area (Å²) >= 11 is 1.39. The molecule has 0 bridgehead atoms. The number of aromatic nitrogens is 2. The van der Waals surface area contributed by atoms with Gasteiger partial charge < -0.3 is 10.1 Å². The Balaban J connectivity index is 2.42. The topological polar surface area (TPSA) is 76.1 Å². The quantitative estimate of drug-likeness (QED) is 0.842. The van der Waals surface area contributed by atoms with Gasteiger partial charge in [-0.3, -0.25) is 5.32 Å². The van der Waals surface area contributed by atoms with Crippen molar-refractivity contribution in [1.82, 2.24) is 15.5 Å². The highest BCUT2D eigenvalue weighted by atomic mass is 32.1. The number of methoxy groups -OCH3 is 1. The van der Waals surface area contributed by atoms with Crippen molar-refractivity contribution in [2.75, 3.05) is 12.4 Å². The van der Waals surface area contributed by atoms with Crippen LogP contribution < -0.4 is 10.6 Å².